The Kier molecular flexibility index (Phi) is 5.49. The van der Waals surface area contributed by atoms with Crippen molar-refractivity contribution in [3.8, 4) is 11.4 Å². The van der Waals surface area contributed by atoms with E-state index >= 15 is 0 Å². The first kappa shape index (κ1) is 18.3. The smallest absolute Gasteiger partial charge is 0.257 e. The van der Waals surface area contributed by atoms with Gasteiger partial charge in [-0.25, -0.2) is 9.37 Å². The molecule has 1 N–H and O–H groups in total. The number of hydrogen-bond donors (Lipinski definition) is 1. The molecule has 2 aromatic carbocycles. The van der Waals surface area contributed by atoms with E-state index in [4.69, 9.17) is 11.6 Å². The Hall–Kier alpha value is -2.50. The van der Waals surface area contributed by atoms with Gasteiger partial charge >= 0.3 is 0 Å². The van der Waals surface area contributed by atoms with Gasteiger partial charge in [-0.3, -0.25) is 9.36 Å². The highest BCUT2D eigenvalue weighted by Crippen LogP contribution is 2.20. The fraction of sp³-hybridized carbons (Fsp3) is 0.200. The summed E-state index contributed by atoms with van der Waals surface area (Å²) in [6, 6.07) is 13.1. The van der Waals surface area contributed by atoms with Gasteiger partial charge in [0.1, 0.15) is 11.6 Å². The van der Waals surface area contributed by atoms with Crippen LogP contribution in [0.3, 0.4) is 0 Å². The van der Waals surface area contributed by atoms with E-state index in [1.165, 1.54) is 12.1 Å². The zero-order chi connectivity index (χ0) is 18.7. The van der Waals surface area contributed by atoms with Gasteiger partial charge in [0.15, 0.2) is 0 Å². The molecule has 0 aliphatic rings. The van der Waals surface area contributed by atoms with E-state index in [1.807, 2.05) is 12.1 Å². The van der Waals surface area contributed by atoms with Crippen molar-refractivity contribution in [2.24, 2.45) is 0 Å². The van der Waals surface area contributed by atoms with Gasteiger partial charge in [-0.05, 0) is 48.9 Å². The summed E-state index contributed by atoms with van der Waals surface area (Å²) in [5.74, 6) is 0.109. The number of aromatic nitrogens is 2. The van der Waals surface area contributed by atoms with E-state index < -0.39 is 0 Å². The van der Waals surface area contributed by atoms with Crippen molar-refractivity contribution in [2.75, 3.05) is 6.61 Å². The summed E-state index contributed by atoms with van der Waals surface area (Å²) in [5, 5.41) is 9.88. The number of aliphatic hydroxyl groups excluding tert-OH is 1. The van der Waals surface area contributed by atoms with Crippen molar-refractivity contribution in [2.45, 2.75) is 19.9 Å². The molecule has 0 amide bonds. The summed E-state index contributed by atoms with van der Waals surface area (Å²) < 4.78 is 14.8. The second-order valence-corrected chi connectivity index (χ2v) is 6.43. The summed E-state index contributed by atoms with van der Waals surface area (Å²) in [7, 11) is 0. The van der Waals surface area contributed by atoms with Crippen LogP contribution in [0, 0.1) is 12.7 Å². The van der Waals surface area contributed by atoms with Crippen LogP contribution >= 0.6 is 11.6 Å². The molecule has 3 rings (SSSR count). The molecule has 0 aliphatic heterocycles. The number of rotatable bonds is 5. The number of aryl methyl sites for hydroxylation is 1. The van der Waals surface area contributed by atoms with Crippen LogP contribution in [0.5, 0.6) is 0 Å². The molecule has 0 saturated carbocycles. The van der Waals surface area contributed by atoms with Crippen molar-refractivity contribution in [1.29, 1.82) is 0 Å². The van der Waals surface area contributed by atoms with E-state index in [9.17, 15) is 14.3 Å². The van der Waals surface area contributed by atoms with Crippen LogP contribution in [-0.2, 0) is 13.0 Å². The summed E-state index contributed by atoms with van der Waals surface area (Å²) in [6.45, 7) is 1.91. The summed E-state index contributed by atoms with van der Waals surface area (Å²) in [4.78, 5) is 17.6. The van der Waals surface area contributed by atoms with Gasteiger partial charge in [-0.2, -0.15) is 0 Å². The third-order valence-electron chi connectivity index (χ3n) is 4.19. The SMILES string of the molecule is Cc1nc(-c2ccc(F)cc2)n(Cc2ccc(Cl)cc2)c(=O)c1CCO. The van der Waals surface area contributed by atoms with Gasteiger partial charge < -0.3 is 5.11 Å². The summed E-state index contributed by atoms with van der Waals surface area (Å²) >= 11 is 5.93. The van der Waals surface area contributed by atoms with Gasteiger partial charge in [-0.15, -0.1) is 0 Å². The molecule has 3 aromatic rings. The van der Waals surface area contributed by atoms with Gasteiger partial charge in [0.2, 0.25) is 0 Å². The zero-order valence-corrected chi connectivity index (χ0v) is 15.0. The van der Waals surface area contributed by atoms with Crippen LogP contribution in [0.25, 0.3) is 11.4 Å². The fourth-order valence-corrected chi connectivity index (χ4v) is 2.96. The van der Waals surface area contributed by atoms with E-state index in [0.717, 1.165) is 5.56 Å². The number of halogens is 2. The molecule has 1 aromatic heterocycles. The predicted octanol–water partition coefficient (Wildman–Crippen LogP) is 3.59. The average molecular weight is 373 g/mol. The monoisotopic (exact) mass is 372 g/mol. The molecule has 26 heavy (non-hydrogen) atoms. The zero-order valence-electron chi connectivity index (χ0n) is 14.2. The minimum atomic E-state index is -0.353. The van der Waals surface area contributed by atoms with Crippen LogP contribution in [0.4, 0.5) is 4.39 Å². The molecule has 0 aliphatic carbocycles. The Bertz CT molecular complexity index is 967. The Labute approximate surface area is 155 Å². The van der Waals surface area contributed by atoms with E-state index in [1.54, 1.807) is 35.8 Å². The van der Waals surface area contributed by atoms with E-state index in [-0.39, 0.29) is 24.4 Å². The average Bonchev–Trinajstić information content (AvgIpc) is 2.63. The predicted molar refractivity (Wildman–Crippen MR) is 100.0 cm³/mol. The van der Waals surface area contributed by atoms with Crippen molar-refractivity contribution in [3.05, 3.63) is 86.5 Å². The molecule has 0 atom stereocenters. The first-order valence-corrected chi connectivity index (χ1v) is 8.59. The third-order valence-corrected chi connectivity index (χ3v) is 4.44. The lowest BCUT2D eigenvalue weighted by Crippen LogP contribution is -2.29. The van der Waals surface area contributed by atoms with Crippen LogP contribution in [0.2, 0.25) is 5.02 Å². The largest absolute Gasteiger partial charge is 0.396 e. The van der Waals surface area contributed by atoms with Gasteiger partial charge in [-0.1, -0.05) is 23.7 Å². The van der Waals surface area contributed by atoms with Crippen LogP contribution in [-0.4, -0.2) is 21.3 Å². The quantitative estimate of drug-likeness (QED) is 0.744. The fourth-order valence-electron chi connectivity index (χ4n) is 2.84. The second kappa shape index (κ2) is 7.81. The standard InChI is InChI=1S/C20H18ClFN2O2/c1-13-18(10-11-25)20(26)24(12-14-2-6-16(21)7-3-14)19(23-13)15-4-8-17(22)9-5-15/h2-9,25H,10-12H2,1H3. The normalized spacial score (nSPS) is 10.9. The highest BCUT2D eigenvalue weighted by atomic mass is 35.5. The topological polar surface area (TPSA) is 55.1 Å². The van der Waals surface area contributed by atoms with Gasteiger partial charge in [0.05, 0.1) is 6.54 Å². The third kappa shape index (κ3) is 3.84. The molecule has 1 heterocycles. The summed E-state index contributed by atoms with van der Waals surface area (Å²) in [5.41, 5.74) is 2.38. The lowest BCUT2D eigenvalue weighted by atomic mass is 10.1. The van der Waals surface area contributed by atoms with E-state index in [2.05, 4.69) is 4.98 Å². The van der Waals surface area contributed by atoms with Crippen LogP contribution in [0.1, 0.15) is 16.8 Å². The molecule has 0 unspecified atom stereocenters. The number of aliphatic hydroxyl groups is 1. The Morgan fingerprint density at radius 1 is 1.12 bits per heavy atom. The molecule has 4 nitrogen and oxygen atoms in total. The van der Waals surface area contributed by atoms with Crippen LogP contribution < -0.4 is 5.56 Å². The maximum atomic E-state index is 13.3. The molecule has 6 heteroatoms. The number of nitrogens with zero attached hydrogens (tertiary/aromatic N) is 2. The van der Waals surface area contributed by atoms with Crippen LogP contribution in [0.15, 0.2) is 53.3 Å². The second-order valence-electron chi connectivity index (χ2n) is 6.00. The van der Waals surface area contributed by atoms with Crippen molar-refractivity contribution in [1.82, 2.24) is 9.55 Å². The summed E-state index contributed by atoms with van der Waals surface area (Å²) in [6.07, 6.45) is 0.238. The maximum absolute atomic E-state index is 13.3. The molecule has 0 radical (unpaired) electrons. The molecule has 0 fully saturated rings. The lowest BCUT2D eigenvalue weighted by Gasteiger charge is -2.16. The van der Waals surface area contributed by atoms with Gasteiger partial charge in [0, 0.05) is 34.9 Å². The minimum Gasteiger partial charge on any atom is -0.396 e. The minimum absolute atomic E-state index is 0.130. The molecule has 0 bridgehead atoms. The molecule has 134 valence electrons. The number of hydrogen-bond acceptors (Lipinski definition) is 3. The van der Waals surface area contributed by atoms with Crippen molar-refractivity contribution in [3.63, 3.8) is 0 Å². The first-order chi connectivity index (χ1) is 12.5. The Balaban J connectivity index is 2.17. The number of benzene rings is 2. The maximum Gasteiger partial charge on any atom is 0.257 e. The molecule has 0 spiro atoms. The van der Waals surface area contributed by atoms with Crippen molar-refractivity contribution < 1.29 is 9.50 Å². The highest BCUT2D eigenvalue weighted by Gasteiger charge is 2.16. The Morgan fingerprint density at radius 3 is 2.38 bits per heavy atom. The van der Waals surface area contributed by atoms with E-state index in [0.29, 0.717) is 34.2 Å². The highest BCUT2D eigenvalue weighted by molar-refractivity contribution is 6.30. The molecular weight excluding hydrogens is 355 g/mol. The Morgan fingerprint density at radius 2 is 1.77 bits per heavy atom. The molecule has 0 saturated heterocycles. The lowest BCUT2D eigenvalue weighted by molar-refractivity contribution is 0.298. The van der Waals surface area contributed by atoms with Crippen molar-refractivity contribution >= 4 is 11.6 Å². The first-order valence-electron chi connectivity index (χ1n) is 8.21. The molecular formula is C20H18ClFN2O2. The van der Waals surface area contributed by atoms with Gasteiger partial charge in [0.25, 0.3) is 5.56 Å².